The van der Waals surface area contributed by atoms with Crippen LogP contribution in [0.2, 0.25) is 0 Å². The minimum absolute atomic E-state index is 0.513. The third-order valence-corrected chi connectivity index (χ3v) is 3.34. The number of nitrogens with zero attached hydrogens (tertiary/aromatic N) is 2. The largest absolute Gasteiger partial charge is 0.369 e. The summed E-state index contributed by atoms with van der Waals surface area (Å²) in [5.74, 6) is 0. The highest BCUT2D eigenvalue weighted by Gasteiger charge is 2.29. The van der Waals surface area contributed by atoms with Crippen molar-refractivity contribution in [2.24, 2.45) is 0 Å². The third-order valence-electron chi connectivity index (χ3n) is 3.34. The molecular formula is C13H16N2. The summed E-state index contributed by atoms with van der Waals surface area (Å²) in [7, 11) is 0. The van der Waals surface area contributed by atoms with Gasteiger partial charge in [0.25, 0.3) is 0 Å². The van der Waals surface area contributed by atoms with Crippen molar-refractivity contribution in [2.75, 3.05) is 13.1 Å². The molecule has 0 saturated carbocycles. The Kier molecular flexibility index (Phi) is 2.13. The average Bonchev–Trinajstić information content (AvgIpc) is 2.48. The van der Waals surface area contributed by atoms with Crippen molar-refractivity contribution in [3.8, 4) is 0 Å². The lowest BCUT2D eigenvalue weighted by Gasteiger charge is -2.37. The minimum atomic E-state index is 0.513. The molecule has 3 heterocycles. The zero-order valence-electron chi connectivity index (χ0n) is 8.79. The normalized spacial score (nSPS) is 32.5. The predicted molar refractivity (Wildman–Crippen MR) is 62.2 cm³/mol. The van der Waals surface area contributed by atoms with Crippen molar-refractivity contribution in [3.05, 3.63) is 48.9 Å². The van der Waals surface area contributed by atoms with Gasteiger partial charge in [0.05, 0.1) is 12.1 Å². The van der Waals surface area contributed by atoms with E-state index in [1.807, 2.05) is 0 Å². The summed E-state index contributed by atoms with van der Waals surface area (Å²) in [4.78, 5) is 4.91. The monoisotopic (exact) mass is 200 g/mol. The molecule has 2 heteroatoms. The van der Waals surface area contributed by atoms with E-state index in [1.54, 1.807) is 0 Å². The van der Waals surface area contributed by atoms with Crippen LogP contribution in [-0.4, -0.2) is 35.0 Å². The predicted octanol–water partition coefficient (Wildman–Crippen LogP) is 1.90. The van der Waals surface area contributed by atoms with E-state index in [-0.39, 0.29) is 0 Å². The van der Waals surface area contributed by atoms with E-state index >= 15 is 0 Å². The summed E-state index contributed by atoms with van der Waals surface area (Å²) in [5, 5.41) is 0. The molecule has 0 radical (unpaired) electrons. The fourth-order valence-electron chi connectivity index (χ4n) is 2.60. The molecule has 3 aliphatic rings. The van der Waals surface area contributed by atoms with Crippen molar-refractivity contribution in [2.45, 2.75) is 18.5 Å². The van der Waals surface area contributed by atoms with Crippen molar-refractivity contribution in [3.63, 3.8) is 0 Å². The first-order chi connectivity index (χ1) is 7.45. The summed E-state index contributed by atoms with van der Waals surface area (Å²) >= 11 is 0. The number of fused-ring (bicyclic) bond motifs is 3. The molecule has 78 valence electrons. The van der Waals surface area contributed by atoms with Crippen LogP contribution in [0, 0.1) is 0 Å². The van der Waals surface area contributed by atoms with Crippen LogP contribution in [0.3, 0.4) is 0 Å². The minimum Gasteiger partial charge on any atom is -0.369 e. The Morgan fingerprint density at radius 2 is 1.27 bits per heavy atom. The Bertz CT molecular complexity index is 318. The smallest absolute Gasteiger partial charge is 0.0710 e. The second kappa shape index (κ2) is 3.61. The molecule has 0 spiro atoms. The van der Waals surface area contributed by atoms with Crippen LogP contribution in [0.4, 0.5) is 0 Å². The van der Waals surface area contributed by atoms with Gasteiger partial charge in [0.2, 0.25) is 0 Å². The summed E-state index contributed by atoms with van der Waals surface area (Å²) in [6, 6.07) is 1.03. The van der Waals surface area contributed by atoms with Gasteiger partial charge in [0.15, 0.2) is 0 Å². The average molecular weight is 200 g/mol. The quantitative estimate of drug-likeness (QED) is 0.589. The molecule has 0 aromatic rings. The SMILES string of the molecule is C1=C[C@@H]2[C@@H]3C=CC=CN3CCCN2C=C1. The first-order valence-corrected chi connectivity index (χ1v) is 5.67. The first kappa shape index (κ1) is 8.84. The fourth-order valence-corrected chi connectivity index (χ4v) is 2.60. The third kappa shape index (κ3) is 1.50. The number of hydrogen-bond acceptors (Lipinski definition) is 2. The molecule has 0 aromatic carbocycles. The Morgan fingerprint density at radius 1 is 0.733 bits per heavy atom. The molecule has 1 fully saturated rings. The van der Waals surface area contributed by atoms with Crippen molar-refractivity contribution < 1.29 is 0 Å². The Morgan fingerprint density at radius 3 is 1.80 bits per heavy atom. The number of hydrogen-bond donors (Lipinski definition) is 0. The maximum atomic E-state index is 2.45. The molecule has 2 nitrogen and oxygen atoms in total. The molecule has 0 bridgehead atoms. The maximum Gasteiger partial charge on any atom is 0.0710 e. The second-order valence-corrected chi connectivity index (χ2v) is 4.26. The lowest BCUT2D eigenvalue weighted by Crippen LogP contribution is -2.44. The van der Waals surface area contributed by atoms with Gasteiger partial charge in [-0.3, -0.25) is 0 Å². The van der Waals surface area contributed by atoms with E-state index in [9.17, 15) is 0 Å². The van der Waals surface area contributed by atoms with Crippen molar-refractivity contribution in [1.82, 2.24) is 9.80 Å². The van der Waals surface area contributed by atoms with Gasteiger partial charge in [-0.05, 0) is 31.0 Å². The summed E-state index contributed by atoms with van der Waals surface area (Å²) < 4.78 is 0. The van der Waals surface area contributed by atoms with E-state index in [2.05, 4.69) is 58.7 Å². The highest BCUT2D eigenvalue weighted by atomic mass is 15.3. The van der Waals surface area contributed by atoms with Crippen LogP contribution in [0.1, 0.15) is 6.42 Å². The second-order valence-electron chi connectivity index (χ2n) is 4.26. The Balaban J connectivity index is 1.92. The van der Waals surface area contributed by atoms with Gasteiger partial charge in [-0.1, -0.05) is 24.3 Å². The van der Waals surface area contributed by atoms with Crippen molar-refractivity contribution >= 4 is 0 Å². The lowest BCUT2D eigenvalue weighted by atomic mass is 10.0. The van der Waals surface area contributed by atoms with E-state index in [0.717, 1.165) is 0 Å². The topological polar surface area (TPSA) is 6.48 Å². The van der Waals surface area contributed by atoms with Crippen LogP contribution in [0.25, 0.3) is 0 Å². The fraction of sp³-hybridized carbons (Fsp3) is 0.385. The van der Waals surface area contributed by atoms with E-state index < -0.39 is 0 Å². The molecular weight excluding hydrogens is 184 g/mol. The van der Waals surface area contributed by atoms with Gasteiger partial charge < -0.3 is 9.80 Å². The molecule has 0 N–H and O–H groups in total. The van der Waals surface area contributed by atoms with Crippen LogP contribution < -0.4 is 0 Å². The number of rotatable bonds is 0. The van der Waals surface area contributed by atoms with E-state index in [0.29, 0.717) is 12.1 Å². The highest BCUT2D eigenvalue weighted by molar-refractivity contribution is 5.24. The zero-order valence-corrected chi connectivity index (χ0v) is 8.79. The molecule has 0 aliphatic carbocycles. The summed E-state index contributed by atoms with van der Waals surface area (Å²) in [6.07, 6.45) is 18.9. The van der Waals surface area contributed by atoms with E-state index in [1.165, 1.54) is 19.5 Å². The molecule has 1 saturated heterocycles. The Labute approximate surface area is 90.9 Å². The van der Waals surface area contributed by atoms with Crippen LogP contribution >= 0.6 is 0 Å². The molecule has 15 heavy (non-hydrogen) atoms. The first-order valence-electron chi connectivity index (χ1n) is 5.67. The van der Waals surface area contributed by atoms with Crippen LogP contribution in [-0.2, 0) is 0 Å². The molecule has 3 aliphatic heterocycles. The van der Waals surface area contributed by atoms with Gasteiger partial charge >= 0.3 is 0 Å². The lowest BCUT2D eigenvalue weighted by molar-refractivity contribution is 0.248. The van der Waals surface area contributed by atoms with Crippen LogP contribution in [0.15, 0.2) is 48.9 Å². The molecule has 3 rings (SSSR count). The van der Waals surface area contributed by atoms with Gasteiger partial charge in [0.1, 0.15) is 0 Å². The van der Waals surface area contributed by atoms with Gasteiger partial charge in [-0.15, -0.1) is 0 Å². The molecule has 0 unspecified atom stereocenters. The Hall–Kier alpha value is -1.44. The van der Waals surface area contributed by atoms with Gasteiger partial charge in [0, 0.05) is 13.1 Å². The van der Waals surface area contributed by atoms with Crippen LogP contribution in [0.5, 0.6) is 0 Å². The summed E-state index contributed by atoms with van der Waals surface area (Å²) in [5.41, 5.74) is 0. The molecule has 2 atom stereocenters. The molecule has 0 aromatic heterocycles. The van der Waals surface area contributed by atoms with Gasteiger partial charge in [-0.2, -0.15) is 0 Å². The van der Waals surface area contributed by atoms with E-state index in [4.69, 9.17) is 0 Å². The maximum absolute atomic E-state index is 2.45. The highest BCUT2D eigenvalue weighted by Crippen LogP contribution is 2.23. The van der Waals surface area contributed by atoms with Crippen molar-refractivity contribution in [1.29, 1.82) is 0 Å². The zero-order chi connectivity index (χ0) is 10.1. The standard InChI is InChI=1S/C13H16N2/c1-3-8-14-10-5-11-15-9-4-2-7-13(15)12(14)6-1/h1-4,6-9,12-13H,5,10-11H2/t12-,13+. The van der Waals surface area contributed by atoms with Gasteiger partial charge in [-0.25, -0.2) is 0 Å². The summed E-state index contributed by atoms with van der Waals surface area (Å²) in [6.45, 7) is 2.33. The molecule has 0 amide bonds. The number of allylic oxidation sites excluding steroid dienone is 4.